The van der Waals surface area contributed by atoms with Gasteiger partial charge in [-0.2, -0.15) is 13.2 Å². The van der Waals surface area contributed by atoms with Crippen LogP contribution in [0.2, 0.25) is 0 Å². The number of rotatable bonds is 7. The molecule has 2 unspecified atom stereocenters. The molecule has 0 aliphatic carbocycles. The van der Waals surface area contributed by atoms with E-state index in [1.54, 1.807) is 10.6 Å². The third-order valence-electron chi connectivity index (χ3n) is 6.04. The average Bonchev–Trinajstić information content (AvgIpc) is 3.21. The molecule has 206 valence electrons. The number of nitrogens with one attached hydrogen (secondary N) is 1. The highest BCUT2D eigenvalue weighted by Crippen LogP contribution is 2.31. The van der Waals surface area contributed by atoms with Crippen molar-refractivity contribution in [3.8, 4) is 0 Å². The van der Waals surface area contributed by atoms with Gasteiger partial charge in [0.25, 0.3) is 0 Å². The highest BCUT2D eigenvalue weighted by Gasteiger charge is 2.31. The number of hydrogen-bond acceptors (Lipinski definition) is 7. The second kappa shape index (κ2) is 12.1. The predicted octanol–water partition coefficient (Wildman–Crippen LogP) is 1.05. The second-order valence-electron chi connectivity index (χ2n) is 8.54. The van der Waals surface area contributed by atoms with E-state index in [1.807, 2.05) is 29.2 Å². The van der Waals surface area contributed by atoms with Crippen LogP contribution in [-0.2, 0) is 22.3 Å². The van der Waals surface area contributed by atoms with E-state index in [4.69, 9.17) is 20.4 Å². The van der Waals surface area contributed by atoms with Gasteiger partial charge in [-0.05, 0) is 30.3 Å². The zero-order valence-electron chi connectivity index (χ0n) is 20.0. The number of aromatic amines is 1. The first-order valence-electron chi connectivity index (χ1n) is 11.5. The van der Waals surface area contributed by atoms with Gasteiger partial charge in [0.1, 0.15) is 0 Å². The molecule has 38 heavy (non-hydrogen) atoms. The van der Waals surface area contributed by atoms with Gasteiger partial charge in [0.2, 0.25) is 0 Å². The molecule has 2 atom stereocenters. The Morgan fingerprint density at radius 2 is 1.50 bits per heavy atom. The van der Waals surface area contributed by atoms with Crippen LogP contribution in [0.3, 0.4) is 0 Å². The molecule has 5 N–H and O–H groups in total. The number of halogens is 3. The SMILES string of the molecule is O=C(O)C(O)C(O)C(=O)O.O=c1[nH]c2ccccc2n1CCN1CCN(c2cccc(C(F)(F)F)c2)CC1. The van der Waals surface area contributed by atoms with Crippen molar-refractivity contribution in [1.29, 1.82) is 0 Å². The Balaban J connectivity index is 0.000000342. The lowest BCUT2D eigenvalue weighted by Crippen LogP contribution is -2.47. The minimum absolute atomic E-state index is 0.121. The number of piperazine rings is 1. The van der Waals surface area contributed by atoms with Gasteiger partial charge in [0.15, 0.2) is 12.2 Å². The highest BCUT2D eigenvalue weighted by atomic mass is 19.4. The van der Waals surface area contributed by atoms with Gasteiger partial charge in [0, 0.05) is 45.0 Å². The minimum Gasteiger partial charge on any atom is -0.479 e. The summed E-state index contributed by atoms with van der Waals surface area (Å²) in [7, 11) is 0. The normalized spacial score (nSPS) is 16.0. The predicted molar refractivity (Wildman–Crippen MR) is 130 cm³/mol. The number of para-hydroxylation sites is 2. The van der Waals surface area contributed by atoms with Gasteiger partial charge in [0.05, 0.1) is 16.6 Å². The van der Waals surface area contributed by atoms with Crippen LogP contribution in [0.4, 0.5) is 18.9 Å². The quantitative estimate of drug-likeness (QED) is 0.295. The Hall–Kier alpha value is -3.88. The van der Waals surface area contributed by atoms with Gasteiger partial charge in [-0.3, -0.25) is 9.47 Å². The minimum atomic E-state index is -4.33. The van der Waals surface area contributed by atoms with Gasteiger partial charge in [-0.15, -0.1) is 0 Å². The fraction of sp³-hybridized carbons (Fsp3) is 0.375. The number of H-pyrrole nitrogens is 1. The van der Waals surface area contributed by atoms with E-state index in [0.717, 1.165) is 36.7 Å². The first-order valence-corrected chi connectivity index (χ1v) is 11.5. The van der Waals surface area contributed by atoms with Crippen LogP contribution in [0.15, 0.2) is 53.3 Å². The number of carboxylic acid groups (broad SMARTS) is 2. The number of imidazole rings is 1. The molecule has 3 aromatic rings. The summed E-state index contributed by atoms with van der Waals surface area (Å²) in [6, 6.07) is 13.1. The molecule has 0 radical (unpaired) electrons. The molecule has 1 fully saturated rings. The first kappa shape index (κ1) is 28.7. The molecule has 0 bridgehead atoms. The Morgan fingerprint density at radius 1 is 0.895 bits per heavy atom. The number of carbonyl (C=O) groups is 2. The summed E-state index contributed by atoms with van der Waals surface area (Å²) in [5.74, 6) is -3.54. The number of aliphatic hydroxyl groups excluding tert-OH is 2. The van der Waals surface area contributed by atoms with Crippen LogP contribution in [0.5, 0.6) is 0 Å². The van der Waals surface area contributed by atoms with Crippen molar-refractivity contribution in [3.63, 3.8) is 0 Å². The summed E-state index contributed by atoms with van der Waals surface area (Å²) < 4.78 is 40.5. The van der Waals surface area contributed by atoms with Crippen LogP contribution in [-0.4, -0.2) is 91.7 Å². The third kappa shape index (κ3) is 7.12. The lowest BCUT2D eigenvalue weighted by atomic mass is 10.1. The number of aromatic nitrogens is 2. The van der Waals surface area contributed by atoms with E-state index in [1.165, 1.54) is 12.1 Å². The van der Waals surface area contributed by atoms with Crippen molar-refractivity contribution >= 4 is 28.7 Å². The topological polar surface area (TPSA) is 159 Å². The van der Waals surface area contributed by atoms with E-state index >= 15 is 0 Å². The summed E-state index contributed by atoms with van der Waals surface area (Å²) in [4.78, 5) is 38.8. The number of aliphatic hydroxyl groups is 2. The zero-order valence-corrected chi connectivity index (χ0v) is 20.0. The number of benzene rings is 2. The fourth-order valence-corrected chi connectivity index (χ4v) is 3.95. The summed E-state index contributed by atoms with van der Waals surface area (Å²) in [6.45, 7) is 4.10. The number of anilines is 1. The lowest BCUT2D eigenvalue weighted by Gasteiger charge is -2.36. The summed E-state index contributed by atoms with van der Waals surface area (Å²) in [5.41, 5.74) is 1.56. The third-order valence-corrected chi connectivity index (χ3v) is 6.04. The van der Waals surface area contributed by atoms with Crippen molar-refractivity contribution in [2.45, 2.75) is 24.9 Å². The molecular formula is C24H27F3N4O7. The molecule has 1 aliphatic heterocycles. The second-order valence-corrected chi connectivity index (χ2v) is 8.54. The Bertz CT molecular complexity index is 1300. The number of hydrogen-bond donors (Lipinski definition) is 5. The first-order chi connectivity index (χ1) is 17.9. The van der Waals surface area contributed by atoms with Crippen molar-refractivity contribution in [2.24, 2.45) is 0 Å². The maximum Gasteiger partial charge on any atom is 0.416 e. The molecule has 11 nitrogen and oxygen atoms in total. The van der Waals surface area contributed by atoms with Gasteiger partial charge >= 0.3 is 23.8 Å². The van der Waals surface area contributed by atoms with Crippen molar-refractivity contribution in [2.75, 3.05) is 37.6 Å². The monoisotopic (exact) mass is 540 g/mol. The van der Waals surface area contributed by atoms with Crippen molar-refractivity contribution < 1.29 is 43.2 Å². The standard InChI is InChI=1S/C20H21F3N4O.C4H6O6/c21-20(22,23)15-4-3-5-16(14-15)26-11-8-25(9-12-26)10-13-27-18-7-2-1-6-17(18)24-19(27)28;5-1(3(7)8)2(6)4(9)10/h1-7,14H,8-13H2,(H,24,28);1-2,5-6H,(H,7,8)(H,9,10). The average molecular weight is 540 g/mol. The van der Waals surface area contributed by atoms with E-state index < -0.39 is 35.9 Å². The molecule has 1 aliphatic rings. The highest BCUT2D eigenvalue weighted by molar-refractivity contribution is 5.83. The smallest absolute Gasteiger partial charge is 0.416 e. The Kier molecular flexibility index (Phi) is 9.14. The largest absolute Gasteiger partial charge is 0.479 e. The van der Waals surface area contributed by atoms with E-state index in [0.29, 0.717) is 25.3 Å². The van der Waals surface area contributed by atoms with Crippen LogP contribution in [0.25, 0.3) is 11.0 Å². The maximum atomic E-state index is 12.9. The van der Waals surface area contributed by atoms with Gasteiger partial charge in [-0.1, -0.05) is 18.2 Å². The summed E-state index contributed by atoms with van der Waals surface area (Å²) >= 11 is 0. The molecule has 4 rings (SSSR count). The number of alkyl halides is 3. The van der Waals surface area contributed by atoms with Crippen LogP contribution in [0.1, 0.15) is 5.56 Å². The van der Waals surface area contributed by atoms with Gasteiger partial charge < -0.3 is 30.3 Å². The molecule has 0 amide bonds. The van der Waals surface area contributed by atoms with Crippen LogP contribution >= 0.6 is 0 Å². The zero-order chi connectivity index (χ0) is 28.0. The molecule has 2 heterocycles. The van der Waals surface area contributed by atoms with Crippen molar-refractivity contribution in [1.82, 2.24) is 14.5 Å². The number of carboxylic acids is 2. The van der Waals surface area contributed by atoms with E-state index in [2.05, 4.69) is 9.88 Å². The number of aliphatic carboxylic acids is 2. The van der Waals surface area contributed by atoms with Gasteiger partial charge in [-0.25, -0.2) is 14.4 Å². The number of fused-ring (bicyclic) bond motifs is 1. The molecule has 14 heteroatoms. The van der Waals surface area contributed by atoms with E-state index in [9.17, 15) is 27.6 Å². The maximum absolute atomic E-state index is 12.9. The lowest BCUT2D eigenvalue weighted by molar-refractivity contribution is -0.165. The fourth-order valence-electron chi connectivity index (χ4n) is 3.95. The Labute approximate surface area is 214 Å². The molecule has 0 saturated carbocycles. The molecular weight excluding hydrogens is 513 g/mol. The van der Waals surface area contributed by atoms with Crippen LogP contribution < -0.4 is 10.6 Å². The van der Waals surface area contributed by atoms with E-state index in [-0.39, 0.29) is 5.69 Å². The summed E-state index contributed by atoms with van der Waals surface area (Å²) in [5, 5.41) is 32.5. The molecule has 1 aromatic heterocycles. The molecule has 1 saturated heterocycles. The number of nitrogens with zero attached hydrogens (tertiary/aromatic N) is 3. The molecule has 2 aromatic carbocycles. The van der Waals surface area contributed by atoms with Crippen LogP contribution in [0, 0.1) is 0 Å². The Morgan fingerprint density at radius 3 is 2.08 bits per heavy atom. The summed E-state index contributed by atoms with van der Waals surface area (Å²) in [6.07, 6.45) is -8.86. The van der Waals surface area contributed by atoms with Crippen molar-refractivity contribution in [3.05, 3.63) is 64.6 Å². The molecule has 0 spiro atoms.